The monoisotopic (exact) mass is 568 g/mol. The Morgan fingerprint density at radius 1 is 1.13 bits per heavy atom. The van der Waals surface area contributed by atoms with E-state index in [-0.39, 0.29) is 29.7 Å². The molecule has 1 aromatic heterocycles. The van der Waals surface area contributed by atoms with Crippen molar-refractivity contribution in [2.75, 3.05) is 17.2 Å². The van der Waals surface area contributed by atoms with E-state index >= 15 is 0 Å². The van der Waals surface area contributed by atoms with Crippen LogP contribution < -0.4 is 33.4 Å². The van der Waals surface area contributed by atoms with Crippen molar-refractivity contribution in [3.63, 3.8) is 0 Å². The molecule has 2 heterocycles. The lowest BCUT2D eigenvalue weighted by atomic mass is 10.1. The van der Waals surface area contributed by atoms with Crippen LogP contribution in [0.15, 0.2) is 64.5 Å². The third-order valence-electron chi connectivity index (χ3n) is 5.23. The van der Waals surface area contributed by atoms with Crippen LogP contribution in [0.2, 0.25) is 0 Å². The van der Waals surface area contributed by atoms with Crippen LogP contribution in [-0.4, -0.2) is 25.3 Å². The number of thioether (sulfide) groups is 1. The first kappa shape index (κ1) is 24.0. The van der Waals surface area contributed by atoms with Gasteiger partial charge < -0.3 is 28.9 Å². The van der Waals surface area contributed by atoms with Crippen molar-refractivity contribution in [3.05, 3.63) is 70.9 Å². The van der Waals surface area contributed by atoms with Crippen LogP contribution in [-0.2, 0) is 16.7 Å². The van der Waals surface area contributed by atoms with Crippen molar-refractivity contribution in [2.45, 2.75) is 31.7 Å². The number of rotatable bonds is 6. The van der Waals surface area contributed by atoms with Gasteiger partial charge in [-0.3, -0.25) is 4.55 Å². The minimum absolute atomic E-state index is 0. The van der Waals surface area contributed by atoms with E-state index in [1.54, 1.807) is 11.8 Å². The van der Waals surface area contributed by atoms with Crippen LogP contribution in [0.4, 0.5) is 5.69 Å². The molecule has 0 amide bonds. The van der Waals surface area contributed by atoms with Gasteiger partial charge in [-0.1, -0.05) is 30.0 Å². The number of benzene rings is 2. The van der Waals surface area contributed by atoms with E-state index in [0.717, 1.165) is 33.7 Å². The summed E-state index contributed by atoms with van der Waals surface area (Å²) in [5.41, 5.74) is 4.43. The standard InChI is InChI=1S/C23H24N2O3S2.HI/c1-3-24-20-7-4-5-8-22(20)29-23(24)16-19-12-11-18-10-9-17(2)15-21(18)25(19)13-6-14-30(26,27)28;/h4-5,7-12,15-16H,3,6,13-14H2,1-2H3;1H. The molecule has 0 fully saturated rings. The van der Waals surface area contributed by atoms with Gasteiger partial charge >= 0.3 is 0 Å². The molecule has 164 valence electrons. The third-order valence-corrected chi connectivity index (χ3v) is 7.15. The average Bonchev–Trinajstić information content (AvgIpc) is 3.05. The molecule has 3 aromatic rings. The minimum Gasteiger partial charge on any atom is -1.00 e. The highest BCUT2D eigenvalue weighted by atomic mass is 127. The molecule has 0 saturated carbocycles. The second kappa shape index (κ2) is 9.89. The van der Waals surface area contributed by atoms with Gasteiger partial charge in [-0.05, 0) is 43.7 Å². The number of pyridine rings is 1. The summed E-state index contributed by atoms with van der Waals surface area (Å²) in [6, 6.07) is 18.8. The Morgan fingerprint density at radius 3 is 2.61 bits per heavy atom. The Morgan fingerprint density at radius 2 is 1.87 bits per heavy atom. The zero-order chi connectivity index (χ0) is 21.3. The fourth-order valence-electron chi connectivity index (χ4n) is 3.83. The number of halogens is 1. The number of fused-ring (bicyclic) bond motifs is 2. The van der Waals surface area contributed by atoms with E-state index < -0.39 is 10.1 Å². The molecule has 1 N–H and O–H groups in total. The maximum Gasteiger partial charge on any atom is 0.265 e. The second-order valence-corrected chi connectivity index (χ2v) is 10.0. The molecule has 8 heteroatoms. The second-order valence-electron chi connectivity index (χ2n) is 7.41. The van der Waals surface area contributed by atoms with Gasteiger partial charge in [0.2, 0.25) is 11.2 Å². The van der Waals surface area contributed by atoms with Crippen LogP contribution in [0.3, 0.4) is 0 Å². The number of hydrogen-bond donors (Lipinski definition) is 1. The van der Waals surface area contributed by atoms with Crippen molar-refractivity contribution >= 4 is 44.5 Å². The van der Waals surface area contributed by atoms with Crippen LogP contribution in [0.1, 0.15) is 24.6 Å². The molecule has 0 atom stereocenters. The van der Waals surface area contributed by atoms with E-state index in [1.165, 1.54) is 10.6 Å². The van der Waals surface area contributed by atoms with Crippen LogP contribution in [0.25, 0.3) is 17.0 Å². The first-order valence-electron chi connectivity index (χ1n) is 10.0. The molecular weight excluding hydrogens is 543 g/mol. The summed E-state index contributed by atoms with van der Waals surface area (Å²) >= 11 is 1.75. The van der Waals surface area contributed by atoms with E-state index in [1.807, 2.05) is 0 Å². The Hall–Kier alpha value is -1.62. The Bertz CT molecular complexity index is 1240. The van der Waals surface area contributed by atoms with Crippen molar-refractivity contribution in [1.82, 2.24) is 0 Å². The predicted molar refractivity (Wildman–Crippen MR) is 123 cm³/mol. The zero-order valence-electron chi connectivity index (χ0n) is 17.5. The van der Waals surface area contributed by atoms with Crippen LogP contribution >= 0.6 is 11.8 Å². The van der Waals surface area contributed by atoms with Crippen LogP contribution in [0.5, 0.6) is 0 Å². The Kier molecular flexibility index (Phi) is 7.67. The highest BCUT2D eigenvalue weighted by Gasteiger charge is 2.25. The van der Waals surface area contributed by atoms with E-state index in [0.29, 0.717) is 13.0 Å². The summed E-state index contributed by atoms with van der Waals surface area (Å²) in [6.45, 7) is 5.56. The van der Waals surface area contributed by atoms with Gasteiger partial charge in [-0.15, -0.1) is 0 Å². The summed E-state index contributed by atoms with van der Waals surface area (Å²) in [4.78, 5) is 3.53. The fourth-order valence-corrected chi connectivity index (χ4v) is 5.49. The molecule has 0 unspecified atom stereocenters. The van der Waals surface area contributed by atoms with Crippen molar-refractivity contribution < 1.29 is 41.5 Å². The quantitative estimate of drug-likeness (QED) is 0.279. The van der Waals surface area contributed by atoms with E-state index in [2.05, 4.69) is 84.0 Å². The fraction of sp³-hybridized carbons (Fsp3) is 0.261. The molecule has 0 saturated heterocycles. The first-order chi connectivity index (χ1) is 14.4. The summed E-state index contributed by atoms with van der Waals surface area (Å²) < 4.78 is 33.8. The summed E-state index contributed by atoms with van der Waals surface area (Å²) in [7, 11) is -3.98. The third kappa shape index (κ3) is 5.42. The lowest BCUT2D eigenvalue weighted by Crippen LogP contribution is -3.00. The number of nitrogens with zero attached hydrogens (tertiary/aromatic N) is 2. The molecule has 4 rings (SSSR count). The molecule has 0 bridgehead atoms. The molecule has 1 aliphatic rings. The highest BCUT2D eigenvalue weighted by Crippen LogP contribution is 2.46. The first-order valence-corrected chi connectivity index (χ1v) is 12.4. The number of anilines is 1. The molecule has 0 radical (unpaired) electrons. The van der Waals surface area contributed by atoms with Gasteiger partial charge in [0.1, 0.15) is 0 Å². The van der Waals surface area contributed by atoms with Gasteiger partial charge in [0.05, 0.1) is 16.5 Å². The molecule has 0 spiro atoms. The van der Waals surface area contributed by atoms with Gasteiger partial charge in [-0.25, -0.2) is 0 Å². The van der Waals surface area contributed by atoms with Gasteiger partial charge in [-0.2, -0.15) is 13.0 Å². The Labute approximate surface area is 204 Å². The van der Waals surface area contributed by atoms with Crippen LogP contribution in [0, 0.1) is 6.92 Å². The molecule has 2 aromatic carbocycles. The lowest BCUT2D eigenvalue weighted by Gasteiger charge is -2.17. The number of para-hydroxylation sites is 1. The number of aryl methyl sites for hydroxylation is 2. The normalized spacial score (nSPS) is 14.7. The van der Waals surface area contributed by atoms with Crippen molar-refractivity contribution in [3.8, 4) is 0 Å². The number of hydrogen-bond acceptors (Lipinski definition) is 4. The molecule has 31 heavy (non-hydrogen) atoms. The minimum atomic E-state index is -3.98. The van der Waals surface area contributed by atoms with Crippen molar-refractivity contribution in [2.24, 2.45) is 0 Å². The summed E-state index contributed by atoms with van der Waals surface area (Å²) in [5.74, 6) is -0.251. The van der Waals surface area contributed by atoms with Gasteiger partial charge in [0, 0.05) is 41.5 Å². The maximum atomic E-state index is 11.2. The summed E-state index contributed by atoms with van der Waals surface area (Å²) in [6.07, 6.45) is 2.51. The van der Waals surface area contributed by atoms with Gasteiger partial charge in [0.15, 0.2) is 6.54 Å². The molecular formula is C23H25IN2O3S2. The summed E-state index contributed by atoms with van der Waals surface area (Å²) in [5, 5.41) is 2.25. The highest BCUT2D eigenvalue weighted by molar-refractivity contribution is 8.03. The molecule has 5 nitrogen and oxygen atoms in total. The van der Waals surface area contributed by atoms with E-state index in [9.17, 15) is 8.42 Å². The zero-order valence-corrected chi connectivity index (χ0v) is 21.2. The smallest absolute Gasteiger partial charge is 0.265 e. The molecule has 0 aliphatic carbocycles. The SMILES string of the molecule is CCN1/C(=C/c2ccc3ccc(C)cc3[n+]2CCCS(=O)(=O)O)Sc2ccccc21.[I-]. The Balaban J connectivity index is 0.00000272. The maximum absolute atomic E-state index is 11.2. The lowest BCUT2D eigenvalue weighted by molar-refractivity contribution is -0.673. The van der Waals surface area contributed by atoms with E-state index in [4.69, 9.17) is 4.55 Å². The van der Waals surface area contributed by atoms with Gasteiger partial charge in [0.25, 0.3) is 10.1 Å². The topological polar surface area (TPSA) is 61.5 Å². The predicted octanol–water partition coefficient (Wildman–Crippen LogP) is 1.65. The number of aromatic nitrogens is 1. The van der Waals surface area contributed by atoms with Crippen molar-refractivity contribution in [1.29, 1.82) is 0 Å². The average molecular weight is 569 g/mol. The largest absolute Gasteiger partial charge is 1.00 e. The molecule has 1 aliphatic heterocycles.